The highest BCUT2D eigenvalue weighted by Crippen LogP contribution is 2.56. The summed E-state index contributed by atoms with van der Waals surface area (Å²) in [6, 6.07) is 1.96. The molecule has 1 aromatic heterocycles. The lowest BCUT2D eigenvalue weighted by Crippen LogP contribution is -2.59. The van der Waals surface area contributed by atoms with E-state index >= 15 is 0 Å². The first kappa shape index (κ1) is 13.8. The second-order valence-corrected chi connectivity index (χ2v) is 7.38. The molecule has 1 heterocycles. The average molecular weight is 302 g/mol. The molecular weight excluding hydrogens is 280 g/mol. The Morgan fingerprint density at radius 1 is 1.32 bits per heavy atom. The summed E-state index contributed by atoms with van der Waals surface area (Å²) in [5, 5.41) is 14.1. The Balaban J connectivity index is 1.62. The minimum atomic E-state index is -0.502. The van der Waals surface area contributed by atoms with Crippen molar-refractivity contribution in [2.75, 3.05) is 11.1 Å². The number of pyridine rings is 1. The number of aromatic nitrogens is 1. The fraction of sp³-hybridized carbons (Fsp3) is 0.625. The number of nitrogens with one attached hydrogen (secondary N) is 1. The number of nitrogen functional groups attached to an aromatic ring is 1. The first-order chi connectivity index (χ1) is 10.4. The van der Waals surface area contributed by atoms with Gasteiger partial charge in [-0.3, -0.25) is 4.79 Å². The molecule has 118 valence electrons. The number of rotatable bonds is 3. The molecule has 0 radical (unpaired) electrons. The van der Waals surface area contributed by atoms with Gasteiger partial charge in [0, 0.05) is 18.3 Å². The van der Waals surface area contributed by atoms with Gasteiger partial charge in [-0.05, 0) is 49.9 Å². The topological polar surface area (TPSA) is 114 Å². The number of nitrogens with zero attached hydrogens (tertiary/aromatic N) is 1. The van der Waals surface area contributed by atoms with Crippen molar-refractivity contribution in [1.82, 2.24) is 4.98 Å². The minimum Gasteiger partial charge on any atom is -0.390 e. The van der Waals surface area contributed by atoms with Crippen LogP contribution in [0.3, 0.4) is 0 Å². The summed E-state index contributed by atoms with van der Waals surface area (Å²) in [5.41, 5.74) is 11.8. The number of carbonyl (C=O) groups excluding carboxylic acids is 1. The van der Waals surface area contributed by atoms with Crippen LogP contribution in [0, 0.1) is 17.8 Å². The molecule has 6 N–H and O–H groups in total. The van der Waals surface area contributed by atoms with Gasteiger partial charge in [0.2, 0.25) is 0 Å². The van der Waals surface area contributed by atoms with E-state index in [1.54, 1.807) is 6.07 Å². The Morgan fingerprint density at radius 3 is 2.59 bits per heavy atom. The third kappa shape index (κ3) is 2.13. The number of nitrogens with two attached hydrogens (primary N) is 2. The van der Waals surface area contributed by atoms with Crippen molar-refractivity contribution in [2.45, 2.75) is 43.7 Å². The van der Waals surface area contributed by atoms with E-state index in [9.17, 15) is 9.90 Å². The molecule has 4 aliphatic carbocycles. The molecule has 4 saturated carbocycles. The molecule has 1 unspecified atom stereocenters. The van der Waals surface area contributed by atoms with Crippen LogP contribution in [0.25, 0.3) is 0 Å². The highest BCUT2D eigenvalue weighted by atomic mass is 16.3. The van der Waals surface area contributed by atoms with Crippen LogP contribution in [-0.4, -0.2) is 27.6 Å². The summed E-state index contributed by atoms with van der Waals surface area (Å²) in [4.78, 5) is 15.5. The summed E-state index contributed by atoms with van der Waals surface area (Å²) in [6.45, 7) is 0. The number of hydrogen-bond donors (Lipinski definition) is 4. The largest absolute Gasteiger partial charge is 0.390 e. The predicted molar refractivity (Wildman–Crippen MR) is 83.1 cm³/mol. The van der Waals surface area contributed by atoms with Gasteiger partial charge in [-0.15, -0.1) is 0 Å². The first-order valence-corrected chi connectivity index (χ1v) is 7.98. The van der Waals surface area contributed by atoms with Gasteiger partial charge in [0.15, 0.2) is 0 Å². The van der Waals surface area contributed by atoms with Crippen LogP contribution in [0.2, 0.25) is 0 Å². The number of carbonyl (C=O) groups is 1. The van der Waals surface area contributed by atoms with Crippen molar-refractivity contribution < 1.29 is 9.90 Å². The van der Waals surface area contributed by atoms with Crippen molar-refractivity contribution >= 4 is 17.4 Å². The Bertz CT molecular complexity index is 617. The van der Waals surface area contributed by atoms with Crippen LogP contribution in [0.5, 0.6) is 0 Å². The van der Waals surface area contributed by atoms with Gasteiger partial charge >= 0.3 is 0 Å². The molecule has 0 saturated heterocycles. The normalized spacial score (nSPS) is 39.0. The van der Waals surface area contributed by atoms with E-state index < -0.39 is 11.5 Å². The average Bonchev–Trinajstić information content (AvgIpc) is 2.40. The van der Waals surface area contributed by atoms with Crippen LogP contribution < -0.4 is 16.8 Å². The van der Waals surface area contributed by atoms with Gasteiger partial charge in [0.05, 0.1) is 16.9 Å². The molecule has 6 nitrogen and oxygen atoms in total. The Hall–Kier alpha value is -1.82. The van der Waals surface area contributed by atoms with Gasteiger partial charge < -0.3 is 21.9 Å². The zero-order valence-corrected chi connectivity index (χ0v) is 12.5. The van der Waals surface area contributed by atoms with Gasteiger partial charge in [-0.2, -0.15) is 0 Å². The summed E-state index contributed by atoms with van der Waals surface area (Å²) in [5.74, 6) is 1.42. The molecule has 5 atom stereocenters. The molecular formula is C16H22N4O2. The molecule has 1 amide bonds. The van der Waals surface area contributed by atoms with Crippen molar-refractivity contribution in [2.24, 2.45) is 23.5 Å². The van der Waals surface area contributed by atoms with Crippen LogP contribution in [0.4, 0.5) is 11.5 Å². The van der Waals surface area contributed by atoms with E-state index in [1.807, 2.05) is 0 Å². The SMILES string of the molecule is NC(=O)c1cnc(N)cc1N[C@@H]1[C@@H]2CC3C[C@H]1C[C@@](O)(C3)C2. The van der Waals surface area contributed by atoms with Gasteiger partial charge in [0.1, 0.15) is 5.82 Å². The maximum atomic E-state index is 11.6. The molecule has 4 fully saturated rings. The lowest BCUT2D eigenvalue weighted by molar-refractivity contribution is -0.129. The van der Waals surface area contributed by atoms with E-state index in [0.29, 0.717) is 34.8 Å². The molecule has 1 aromatic rings. The van der Waals surface area contributed by atoms with E-state index in [-0.39, 0.29) is 6.04 Å². The molecule has 4 bridgehead atoms. The highest BCUT2D eigenvalue weighted by Gasteiger charge is 2.54. The maximum absolute atomic E-state index is 11.6. The summed E-state index contributed by atoms with van der Waals surface area (Å²) in [7, 11) is 0. The van der Waals surface area contributed by atoms with Crippen LogP contribution >= 0.6 is 0 Å². The van der Waals surface area contributed by atoms with Crippen molar-refractivity contribution in [1.29, 1.82) is 0 Å². The van der Waals surface area contributed by atoms with Gasteiger partial charge in [-0.1, -0.05) is 0 Å². The molecule has 4 aliphatic rings. The zero-order chi connectivity index (χ0) is 15.5. The summed E-state index contributed by atoms with van der Waals surface area (Å²) < 4.78 is 0. The van der Waals surface area contributed by atoms with Crippen molar-refractivity contribution in [3.63, 3.8) is 0 Å². The first-order valence-electron chi connectivity index (χ1n) is 7.98. The van der Waals surface area contributed by atoms with E-state index in [0.717, 1.165) is 32.1 Å². The van der Waals surface area contributed by atoms with E-state index in [1.165, 1.54) is 6.20 Å². The Labute approximate surface area is 129 Å². The smallest absolute Gasteiger partial charge is 0.252 e. The number of hydrogen-bond acceptors (Lipinski definition) is 5. The second kappa shape index (κ2) is 4.59. The lowest BCUT2D eigenvalue weighted by atomic mass is 9.52. The van der Waals surface area contributed by atoms with Crippen LogP contribution in [0.1, 0.15) is 42.5 Å². The highest BCUT2D eigenvalue weighted by molar-refractivity contribution is 5.98. The fourth-order valence-corrected chi connectivity index (χ4v) is 5.18. The number of aliphatic hydroxyl groups is 1. The van der Waals surface area contributed by atoms with Crippen molar-refractivity contribution in [3.8, 4) is 0 Å². The Morgan fingerprint density at radius 2 is 2.00 bits per heavy atom. The van der Waals surface area contributed by atoms with E-state index in [2.05, 4.69) is 10.3 Å². The number of amides is 1. The summed E-state index contributed by atoms with van der Waals surface area (Å²) in [6.07, 6.45) is 6.41. The zero-order valence-electron chi connectivity index (χ0n) is 12.5. The number of anilines is 2. The molecule has 0 spiro atoms. The monoisotopic (exact) mass is 302 g/mol. The van der Waals surface area contributed by atoms with Gasteiger partial charge in [0.25, 0.3) is 5.91 Å². The molecule has 0 aliphatic heterocycles. The quantitative estimate of drug-likeness (QED) is 0.668. The van der Waals surface area contributed by atoms with Crippen LogP contribution in [-0.2, 0) is 0 Å². The third-order valence-corrected chi connectivity index (χ3v) is 5.75. The minimum absolute atomic E-state index is 0.275. The molecule has 22 heavy (non-hydrogen) atoms. The maximum Gasteiger partial charge on any atom is 0.252 e. The molecule has 5 rings (SSSR count). The predicted octanol–water partition coefficient (Wildman–Crippen LogP) is 1.11. The standard InChI is InChI=1S/C16H22N4O2/c17-13-3-12(11(7-19-13)15(18)21)20-14-9-1-8-2-10(14)6-16(22,4-8)5-9/h3,7-10,14,22H,1-2,4-6H2,(H2,18,21)(H3,17,19,20)/t8?,9-,10+,14-,16-. The van der Waals surface area contributed by atoms with E-state index in [4.69, 9.17) is 11.5 Å². The molecule has 0 aromatic carbocycles. The van der Waals surface area contributed by atoms with Crippen molar-refractivity contribution in [3.05, 3.63) is 17.8 Å². The fourth-order valence-electron chi connectivity index (χ4n) is 5.18. The lowest BCUT2D eigenvalue weighted by Gasteiger charge is -2.58. The second-order valence-electron chi connectivity index (χ2n) is 7.38. The van der Waals surface area contributed by atoms with Crippen LogP contribution in [0.15, 0.2) is 12.3 Å². The molecule has 6 heteroatoms. The van der Waals surface area contributed by atoms with Gasteiger partial charge in [-0.25, -0.2) is 4.98 Å². The number of primary amides is 1. The third-order valence-electron chi connectivity index (χ3n) is 5.75. The summed E-state index contributed by atoms with van der Waals surface area (Å²) >= 11 is 0. The Kier molecular flexibility index (Phi) is 2.88.